The van der Waals surface area contributed by atoms with Crippen molar-refractivity contribution >= 4 is 42.4 Å². The molecule has 0 unspecified atom stereocenters. The summed E-state index contributed by atoms with van der Waals surface area (Å²) >= 11 is 1.43. The molecule has 1 aliphatic heterocycles. The molecule has 33 heavy (non-hydrogen) atoms. The van der Waals surface area contributed by atoms with E-state index < -0.39 is 21.5 Å². The van der Waals surface area contributed by atoms with Crippen molar-refractivity contribution in [3.8, 4) is 0 Å². The van der Waals surface area contributed by atoms with Gasteiger partial charge in [0.15, 0.2) is 15.0 Å². The van der Waals surface area contributed by atoms with Crippen LogP contribution in [0.3, 0.4) is 0 Å². The number of aromatic nitrogens is 1. The molecule has 1 amide bonds. The average molecular weight is 488 g/mol. The Bertz CT molecular complexity index is 1250. The summed E-state index contributed by atoms with van der Waals surface area (Å²) in [6.07, 6.45) is 0. The molecule has 2 heterocycles. The van der Waals surface area contributed by atoms with Gasteiger partial charge >= 0.3 is 0 Å². The third-order valence-electron chi connectivity index (χ3n) is 5.79. The number of morpholine rings is 1. The number of thiazole rings is 1. The first-order chi connectivity index (χ1) is 15.7. The van der Waals surface area contributed by atoms with Crippen molar-refractivity contribution in [2.45, 2.75) is 25.7 Å². The number of ether oxygens (including phenoxy) is 1. The van der Waals surface area contributed by atoms with Gasteiger partial charge in [-0.3, -0.25) is 14.6 Å². The molecule has 0 saturated carbocycles. The van der Waals surface area contributed by atoms with E-state index in [2.05, 4.69) is 17.0 Å². The zero-order valence-electron chi connectivity index (χ0n) is 19.2. The van der Waals surface area contributed by atoms with Gasteiger partial charge in [-0.05, 0) is 50.1 Å². The van der Waals surface area contributed by atoms with Crippen molar-refractivity contribution in [3.63, 3.8) is 0 Å². The summed E-state index contributed by atoms with van der Waals surface area (Å²) in [6.45, 7) is 9.84. The summed E-state index contributed by atoms with van der Waals surface area (Å²) in [5.74, 6) is -1.05. The summed E-state index contributed by atoms with van der Waals surface area (Å²) in [6, 6.07) is 10.7. The van der Waals surface area contributed by atoms with E-state index in [4.69, 9.17) is 9.72 Å². The van der Waals surface area contributed by atoms with Crippen molar-refractivity contribution in [3.05, 3.63) is 53.1 Å². The molecule has 1 aliphatic rings. The van der Waals surface area contributed by atoms with E-state index >= 15 is 0 Å². The molecule has 176 valence electrons. The molecule has 0 radical (unpaired) electrons. The SMILES string of the molecule is Cc1ccc(S(=O)(=O)CC(=O)N(CCN2CCOCC2)c2nc3c(C)cc(C)cc3s2)cc1. The number of benzene rings is 2. The number of carbonyl (C=O) groups excluding carboxylic acids is 1. The molecule has 0 spiro atoms. The van der Waals surface area contributed by atoms with E-state index in [-0.39, 0.29) is 4.90 Å². The fourth-order valence-corrected chi connectivity index (χ4v) is 6.32. The Morgan fingerprint density at radius 1 is 1.09 bits per heavy atom. The Hall–Kier alpha value is -2.33. The van der Waals surface area contributed by atoms with E-state index in [1.807, 2.05) is 20.8 Å². The largest absolute Gasteiger partial charge is 0.379 e. The first-order valence-electron chi connectivity index (χ1n) is 11.0. The van der Waals surface area contributed by atoms with E-state index in [1.165, 1.54) is 11.3 Å². The molecule has 1 fully saturated rings. The molecule has 0 aliphatic carbocycles. The standard InChI is InChI=1S/C24H29N3O4S2/c1-17-4-6-20(7-5-17)33(29,30)16-22(28)27(9-8-26-10-12-31-13-11-26)24-25-23-19(3)14-18(2)15-21(23)32-24/h4-7,14-15H,8-13,16H2,1-3H3. The fourth-order valence-electron chi connectivity index (χ4n) is 3.94. The van der Waals surface area contributed by atoms with Gasteiger partial charge in [-0.15, -0.1) is 0 Å². The molecule has 7 nitrogen and oxygen atoms in total. The van der Waals surface area contributed by atoms with Gasteiger partial charge in [0, 0.05) is 26.2 Å². The highest BCUT2D eigenvalue weighted by atomic mass is 32.2. The minimum Gasteiger partial charge on any atom is -0.379 e. The van der Waals surface area contributed by atoms with Gasteiger partial charge in [-0.2, -0.15) is 0 Å². The summed E-state index contributed by atoms with van der Waals surface area (Å²) < 4.78 is 32.4. The summed E-state index contributed by atoms with van der Waals surface area (Å²) in [7, 11) is -3.77. The second kappa shape index (κ2) is 9.89. The lowest BCUT2D eigenvalue weighted by atomic mass is 10.1. The van der Waals surface area contributed by atoms with Crippen LogP contribution in [0.25, 0.3) is 10.2 Å². The Labute approximate surface area is 198 Å². The Balaban J connectivity index is 1.62. The third-order valence-corrected chi connectivity index (χ3v) is 8.43. The molecule has 4 rings (SSSR count). The molecule has 0 bridgehead atoms. The van der Waals surface area contributed by atoms with Gasteiger partial charge in [0.2, 0.25) is 5.91 Å². The predicted octanol–water partition coefficient (Wildman–Crippen LogP) is 3.36. The number of hydrogen-bond acceptors (Lipinski definition) is 7. The van der Waals surface area contributed by atoms with Gasteiger partial charge < -0.3 is 4.74 Å². The zero-order chi connectivity index (χ0) is 23.6. The Morgan fingerprint density at radius 2 is 1.79 bits per heavy atom. The Morgan fingerprint density at radius 3 is 2.48 bits per heavy atom. The van der Waals surface area contributed by atoms with E-state index in [1.54, 1.807) is 29.2 Å². The number of rotatable bonds is 7. The number of sulfone groups is 1. The number of aryl methyl sites for hydroxylation is 3. The first-order valence-corrected chi connectivity index (χ1v) is 13.5. The summed E-state index contributed by atoms with van der Waals surface area (Å²) in [5, 5.41) is 0.538. The molecular weight excluding hydrogens is 458 g/mol. The van der Waals surface area contributed by atoms with Gasteiger partial charge in [0.1, 0.15) is 5.75 Å². The summed E-state index contributed by atoms with van der Waals surface area (Å²) in [5.41, 5.74) is 3.99. The molecule has 9 heteroatoms. The maximum Gasteiger partial charge on any atom is 0.244 e. The van der Waals surface area contributed by atoms with Crippen LogP contribution in [0.1, 0.15) is 16.7 Å². The van der Waals surface area contributed by atoms with Crippen LogP contribution in [0.15, 0.2) is 41.3 Å². The maximum atomic E-state index is 13.4. The van der Waals surface area contributed by atoms with Crippen molar-refractivity contribution in [2.24, 2.45) is 0 Å². The fraction of sp³-hybridized carbons (Fsp3) is 0.417. The van der Waals surface area contributed by atoms with Gasteiger partial charge in [-0.1, -0.05) is 35.1 Å². The van der Waals surface area contributed by atoms with Crippen LogP contribution in [0, 0.1) is 20.8 Å². The third kappa shape index (κ3) is 5.60. The number of nitrogens with zero attached hydrogens (tertiary/aromatic N) is 3. The van der Waals surface area contributed by atoms with Crippen LogP contribution in [0.5, 0.6) is 0 Å². The predicted molar refractivity (Wildman–Crippen MR) is 132 cm³/mol. The van der Waals surface area contributed by atoms with Crippen LogP contribution >= 0.6 is 11.3 Å². The number of hydrogen-bond donors (Lipinski definition) is 0. The number of carbonyl (C=O) groups is 1. The van der Waals surface area contributed by atoms with Crippen molar-refractivity contribution < 1.29 is 17.9 Å². The normalized spacial score (nSPS) is 15.1. The number of fused-ring (bicyclic) bond motifs is 1. The Kier molecular flexibility index (Phi) is 7.13. The van der Waals surface area contributed by atoms with Crippen LogP contribution in [0.2, 0.25) is 0 Å². The minimum absolute atomic E-state index is 0.158. The molecule has 1 aromatic heterocycles. The van der Waals surface area contributed by atoms with Crippen molar-refractivity contribution in [1.29, 1.82) is 0 Å². The lowest BCUT2D eigenvalue weighted by Gasteiger charge is -2.29. The molecule has 2 aromatic carbocycles. The highest BCUT2D eigenvalue weighted by Gasteiger charge is 2.27. The number of anilines is 1. The molecule has 0 N–H and O–H groups in total. The topological polar surface area (TPSA) is 79.8 Å². The van der Waals surface area contributed by atoms with E-state index in [9.17, 15) is 13.2 Å². The smallest absolute Gasteiger partial charge is 0.244 e. The van der Waals surface area contributed by atoms with E-state index in [0.29, 0.717) is 31.4 Å². The molecule has 0 atom stereocenters. The van der Waals surface area contributed by atoms with Gasteiger partial charge in [-0.25, -0.2) is 13.4 Å². The highest BCUT2D eigenvalue weighted by Crippen LogP contribution is 2.32. The lowest BCUT2D eigenvalue weighted by Crippen LogP contribution is -2.44. The molecular formula is C24H29N3O4S2. The average Bonchev–Trinajstić information content (AvgIpc) is 3.18. The van der Waals surface area contributed by atoms with Crippen LogP contribution < -0.4 is 4.90 Å². The van der Waals surface area contributed by atoms with Crippen molar-refractivity contribution in [2.75, 3.05) is 50.0 Å². The molecule has 1 saturated heterocycles. The number of amides is 1. The van der Waals surface area contributed by atoms with Gasteiger partial charge in [0.25, 0.3) is 0 Å². The zero-order valence-corrected chi connectivity index (χ0v) is 20.8. The van der Waals surface area contributed by atoms with Crippen molar-refractivity contribution in [1.82, 2.24) is 9.88 Å². The van der Waals surface area contributed by atoms with Crippen LogP contribution in [0.4, 0.5) is 5.13 Å². The lowest BCUT2D eigenvalue weighted by molar-refractivity contribution is -0.116. The van der Waals surface area contributed by atoms with Crippen LogP contribution in [-0.4, -0.2) is 69.4 Å². The first kappa shape index (κ1) is 23.8. The highest BCUT2D eigenvalue weighted by molar-refractivity contribution is 7.92. The van der Waals surface area contributed by atoms with Crippen LogP contribution in [-0.2, 0) is 19.4 Å². The quantitative estimate of drug-likeness (QED) is 0.509. The monoisotopic (exact) mass is 487 g/mol. The second-order valence-corrected chi connectivity index (χ2v) is 11.5. The minimum atomic E-state index is -3.77. The van der Waals surface area contributed by atoms with Gasteiger partial charge in [0.05, 0.1) is 28.3 Å². The second-order valence-electron chi connectivity index (χ2n) is 8.50. The summed E-state index contributed by atoms with van der Waals surface area (Å²) in [4.78, 5) is 22.0. The molecule has 3 aromatic rings. The van der Waals surface area contributed by atoms with E-state index in [0.717, 1.165) is 40.0 Å². The maximum absolute atomic E-state index is 13.4.